The van der Waals surface area contributed by atoms with Gasteiger partial charge in [-0.3, -0.25) is 4.79 Å². The first kappa shape index (κ1) is 15.2. The third kappa shape index (κ3) is 3.10. The Hall–Kier alpha value is -0.220. The van der Waals surface area contributed by atoms with E-state index < -0.39 is 0 Å². The van der Waals surface area contributed by atoms with E-state index in [0.717, 1.165) is 12.8 Å². The second kappa shape index (κ2) is 5.28. The number of ether oxygens (including phenoxy) is 1. The second-order valence-corrected chi connectivity index (χ2v) is 8.68. The van der Waals surface area contributed by atoms with Crippen LogP contribution in [0.15, 0.2) is 0 Å². The van der Waals surface area contributed by atoms with Crippen LogP contribution in [0, 0.1) is 11.8 Å². The van der Waals surface area contributed by atoms with Gasteiger partial charge in [0.25, 0.3) is 0 Å². The van der Waals surface area contributed by atoms with Crippen molar-refractivity contribution in [2.45, 2.75) is 76.8 Å². The van der Waals surface area contributed by atoms with Crippen LogP contribution in [0.2, 0.25) is 0 Å². The lowest BCUT2D eigenvalue weighted by atomic mass is 10.1. The van der Waals surface area contributed by atoms with E-state index in [-0.39, 0.29) is 28.4 Å². The summed E-state index contributed by atoms with van der Waals surface area (Å²) in [5.41, 5.74) is 0. The lowest BCUT2D eigenvalue weighted by Crippen LogP contribution is -2.50. The van der Waals surface area contributed by atoms with Crippen molar-refractivity contribution in [1.29, 1.82) is 0 Å². The normalized spacial score (nSPS) is 30.4. The number of rotatable bonds is 4. The van der Waals surface area contributed by atoms with E-state index >= 15 is 0 Å². The molecule has 1 saturated heterocycles. The van der Waals surface area contributed by atoms with E-state index in [0.29, 0.717) is 11.8 Å². The first-order valence-corrected chi connectivity index (χ1v) is 8.27. The zero-order chi connectivity index (χ0) is 14.4. The number of hydrogen-bond acceptors (Lipinski definition) is 3. The average Bonchev–Trinajstić information content (AvgIpc) is 3.05. The van der Waals surface area contributed by atoms with E-state index in [1.54, 1.807) is 0 Å². The minimum Gasteiger partial charge on any atom is -0.354 e. The molecule has 0 N–H and O–H groups in total. The molecule has 2 atom stereocenters. The van der Waals surface area contributed by atoms with Gasteiger partial charge in [0.1, 0.15) is 6.23 Å². The highest BCUT2D eigenvalue weighted by molar-refractivity contribution is 8.01. The average molecular weight is 285 g/mol. The predicted octanol–water partition coefficient (Wildman–Crippen LogP) is 3.48. The topological polar surface area (TPSA) is 29.5 Å². The van der Waals surface area contributed by atoms with Gasteiger partial charge in [-0.15, -0.1) is 11.8 Å². The van der Waals surface area contributed by atoms with Gasteiger partial charge in [0.2, 0.25) is 5.91 Å². The van der Waals surface area contributed by atoms with Crippen molar-refractivity contribution >= 4 is 17.7 Å². The van der Waals surface area contributed by atoms with E-state index in [2.05, 4.69) is 27.7 Å². The van der Waals surface area contributed by atoms with Gasteiger partial charge in [0.15, 0.2) is 0 Å². The molecule has 0 spiro atoms. The molecular weight excluding hydrogens is 258 g/mol. The van der Waals surface area contributed by atoms with Crippen LogP contribution in [0.1, 0.15) is 54.4 Å². The summed E-state index contributed by atoms with van der Waals surface area (Å²) in [6.45, 7) is 12.9. The van der Waals surface area contributed by atoms with Crippen molar-refractivity contribution in [1.82, 2.24) is 4.90 Å². The summed E-state index contributed by atoms with van der Waals surface area (Å²) in [5.74, 6) is 1.02. The summed E-state index contributed by atoms with van der Waals surface area (Å²) in [4.78, 5) is 14.7. The maximum Gasteiger partial charge on any atom is 0.228 e. The largest absolute Gasteiger partial charge is 0.354 e. The zero-order valence-corrected chi connectivity index (χ0v) is 13.8. The Morgan fingerprint density at radius 1 is 1.26 bits per heavy atom. The van der Waals surface area contributed by atoms with Gasteiger partial charge in [0, 0.05) is 5.92 Å². The zero-order valence-electron chi connectivity index (χ0n) is 13.0. The van der Waals surface area contributed by atoms with Crippen molar-refractivity contribution in [3.63, 3.8) is 0 Å². The molecule has 0 radical (unpaired) electrons. The highest BCUT2D eigenvalue weighted by atomic mass is 32.2. The molecule has 0 bridgehead atoms. The van der Waals surface area contributed by atoms with Crippen LogP contribution in [0.3, 0.4) is 0 Å². The van der Waals surface area contributed by atoms with E-state index in [1.165, 1.54) is 0 Å². The third-order valence-electron chi connectivity index (χ3n) is 3.70. The van der Waals surface area contributed by atoms with Crippen LogP contribution < -0.4 is 0 Å². The maximum absolute atomic E-state index is 12.6. The lowest BCUT2D eigenvalue weighted by molar-refractivity contribution is -0.155. The number of amides is 1. The Balaban J connectivity index is 2.26. The molecule has 0 aromatic rings. The van der Waals surface area contributed by atoms with Crippen molar-refractivity contribution in [2.75, 3.05) is 0 Å². The van der Waals surface area contributed by atoms with E-state index in [9.17, 15) is 4.79 Å². The lowest BCUT2D eigenvalue weighted by Gasteiger charge is -2.35. The fourth-order valence-corrected chi connectivity index (χ4v) is 4.13. The molecule has 110 valence electrons. The van der Waals surface area contributed by atoms with E-state index in [1.807, 2.05) is 30.5 Å². The second-order valence-electron chi connectivity index (χ2n) is 6.91. The van der Waals surface area contributed by atoms with E-state index in [4.69, 9.17) is 4.74 Å². The predicted molar refractivity (Wildman–Crippen MR) is 79.9 cm³/mol. The first-order valence-electron chi connectivity index (χ1n) is 7.39. The number of thioether (sulfide) groups is 1. The molecule has 19 heavy (non-hydrogen) atoms. The molecule has 1 saturated carbocycles. The summed E-state index contributed by atoms with van der Waals surface area (Å²) in [7, 11) is 0. The number of carbonyl (C=O) groups is 1. The fraction of sp³-hybridized carbons (Fsp3) is 0.933. The summed E-state index contributed by atoms with van der Waals surface area (Å²) >= 11 is 1.89. The molecule has 1 aliphatic heterocycles. The highest BCUT2D eigenvalue weighted by Gasteiger charge is 2.53. The fourth-order valence-electron chi connectivity index (χ4n) is 2.62. The Morgan fingerprint density at radius 3 is 2.26 bits per heavy atom. The van der Waals surface area contributed by atoms with Gasteiger partial charge in [-0.05, 0) is 46.5 Å². The molecule has 1 aliphatic carbocycles. The number of carbonyl (C=O) groups excluding carboxylic acids is 1. The standard InChI is InChI=1S/C15H27NO2S/c1-9(2)13-16(12(17)11-7-8-11)14(18-10(3)4)15(5,6)19-13/h9-11,13-14H,7-8H2,1-6H3. The molecule has 2 fully saturated rings. The van der Waals surface area contributed by atoms with Crippen LogP contribution in [-0.2, 0) is 9.53 Å². The van der Waals surface area contributed by atoms with Gasteiger partial charge < -0.3 is 9.64 Å². The van der Waals surface area contributed by atoms with Crippen LogP contribution in [-0.4, -0.2) is 33.3 Å². The molecule has 2 aliphatic rings. The van der Waals surface area contributed by atoms with Gasteiger partial charge in [-0.1, -0.05) is 13.8 Å². The minimum absolute atomic E-state index is 0.0379. The smallest absolute Gasteiger partial charge is 0.228 e. The monoisotopic (exact) mass is 285 g/mol. The minimum atomic E-state index is -0.0991. The molecule has 0 aromatic carbocycles. The van der Waals surface area contributed by atoms with Crippen molar-refractivity contribution in [3.05, 3.63) is 0 Å². The summed E-state index contributed by atoms with van der Waals surface area (Å²) in [6, 6.07) is 0. The van der Waals surface area contributed by atoms with Crippen molar-refractivity contribution in [2.24, 2.45) is 11.8 Å². The Morgan fingerprint density at radius 2 is 1.84 bits per heavy atom. The van der Waals surface area contributed by atoms with Crippen molar-refractivity contribution < 1.29 is 9.53 Å². The molecule has 0 aromatic heterocycles. The van der Waals surface area contributed by atoms with Gasteiger partial charge >= 0.3 is 0 Å². The van der Waals surface area contributed by atoms with Crippen molar-refractivity contribution in [3.8, 4) is 0 Å². The number of hydrogen-bond donors (Lipinski definition) is 0. The molecule has 2 unspecified atom stereocenters. The van der Waals surface area contributed by atoms with Gasteiger partial charge in [0.05, 0.1) is 16.2 Å². The SMILES string of the molecule is CC(C)OC1N(C(=O)C2CC2)C(C(C)C)SC1(C)C. The maximum atomic E-state index is 12.6. The Bertz CT molecular complexity index is 350. The Kier molecular flexibility index (Phi) is 4.22. The summed E-state index contributed by atoms with van der Waals surface area (Å²) < 4.78 is 6.06. The molecule has 1 heterocycles. The first-order chi connectivity index (χ1) is 8.74. The van der Waals surface area contributed by atoms with Gasteiger partial charge in [-0.25, -0.2) is 0 Å². The molecule has 3 nitrogen and oxygen atoms in total. The van der Waals surface area contributed by atoms with Gasteiger partial charge in [-0.2, -0.15) is 0 Å². The number of nitrogens with zero attached hydrogens (tertiary/aromatic N) is 1. The quantitative estimate of drug-likeness (QED) is 0.792. The third-order valence-corrected chi connectivity index (χ3v) is 5.52. The summed E-state index contributed by atoms with van der Waals surface area (Å²) in [5, 5.41) is 0.242. The molecule has 2 rings (SSSR count). The Labute approximate surface area is 121 Å². The van der Waals surface area contributed by atoms with Crippen LogP contribution in [0.5, 0.6) is 0 Å². The van der Waals surface area contributed by atoms with Crippen LogP contribution in [0.4, 0.5) is 0 Å². The molecule has 4 heteroatoms. The molecule has 1 amide bonds. The van der Waals surface area contributed by atoms with Crippen LogP contribution in [0.25, 0.3) is 0 Å². The molecular formula is C15H27NO2S. The highest BCUT2D eigenvalue weighted by Crippen LogP contribution is 2.49. The van der Waals surface area contributed by atoms with Crippen LogP contribution >= 0.6 is 11.8 Å². The summed E-state index contributed by atoms with van der Waals surface area (Å²) in [6.07, 6.45) is 2.16.